The molecule has 5 rings (SSSR count). The number of hydrogen-bond acceptors (Lipinski definition) is 5. The van der Waals surface area contributed by atoms with Gasteiger partial charge in [0.15, 0.2) is 11.5 Å². The van der Waals surface area contributed by atoms with Crippen molar-refractivity contribution < 1.29 is 9.47 Å². The minimum absolute atomic E-state index is 0.0492. The van der Waals surface area contributed by atoms with Gasteiger partial charge in [-0.05, 0) is 61.9 Å². The van der Waals surface area contributed by atoms with Gasteiger partial charge < -0.3 is 14.5 Å². The van der Waals surface area contributed by atoms with Crippen LogP contribution in [0.3, 0.4) is 0 Å². The molecule has 0 saturated carbocycles. The van der Waals surface area contributed by atoms with Gasteiger partial charge in [0.1, 0.15) is 17.3 Å². The van der Waals surface area contributed by atoms with Crippen LogP contribution in [-0.4, -0.2) is 17.1 Å². The maximum atomic E-state index is 13.1. The second kappa shape index (κ2) is 9.40. The highest BCUT2D eigenvalue weighted by Crippen LogP contribution is 2.35. The molecule has 0 bridgehead atoms. The van der Waals surface area contributed by atoms with E-state index in [4.69, 9.17) is 14.5 Å². The second-order valence-electron chi connectivity index (χ2n) is 8.66. The van der Waals surface area contributed by atoms with E-state index in [0.717, 1.165) is 40.6 Å². The summed E-state index contributed by atoms with van der Waals surface area (Å²) >= 11 is 1.68. The number of H-pyrrole nitrogens is 1. The first kappa shape index (κ1) is 21.7. The Morgan fingerprint density at radius 3 is 2.70 bits per heavy atom. The summed E-state index contributed by atoms with van der Waals surface area (Å²) in [5, 5.41) is 0.783. The molecule has 0 atom stereocenters. The quantitative estimate of drug-likeness (QED) is 0.385. The molecule has 2 heterocycles. The van der Waals surface area contributed by atoms with Crippen LogP contribution in [0.15, 0.2) is 47.3 Å². The number of benzene rings is 2. The molecule has 2 aromatic carbocycles. The first-order valence-electron chi connectivity index (χ1n) is 11.5. The van der Waals surface area contributed by atoms with Crippen molar-refractivity contribution in [2.75, 3.05) is 7.11 Å². The van der Waals surface area contributed by atoms with Gasteiger partial charge in [0.25, 0.3) is 5.56 Å². The van der Waals surface area contributed by atoms with Crippen LogP contribution in [0.25, 0.3) is 21.6 Å². The monoisotopic (exact) mass is 460 g/mol. The van der Waals surface area contributed by atoms with Crippen LogP contribution in [0.5, 0.6) is 11.5 Å². The minimum Gasteiger partial charge on any atom is -0.493 e. The molecule has 5 nitrogen and oxygen atoms in total. The number of methoxy groups -OCH3 is 1. The zero-order valence-corrected chi connectivity index (χ0v) is 19.9. The van der Waals surface area contributed by atoms with Crippen molar-refractivity contribution >= 4 is 21.6 Å². The number of nitrogens with one attached hydrogen (secondary N) is 1. The number of aromatic nitrogens is 2. The summed E-state index contributed by atoms with van der Waals surface area (Å²) in [7, 11) is 1.62. The van der Waals surface area contributed by atoms with Crippen LogP contribution < -0.4 is 15.0 Å². The molecule has 2 aromatic heterocycles. The van der Waals surface area contributed by atoms with Crippen LogP contribution in [0.1, 0.15) is 47.3 Å². The van der Waals surface area contributed by atoms with Crippen LogP contribution >= 0.6 is 11.3 Å². The fourth-order valence-corrected chi connectivity index (χ4v) is 5.81. The third kappa shape index (κ3) is 4.53. The summed E-state index contributed by atoms with van der Waals surface area (Å²) in [6, 6.07) is 13.9. The van der Waals surface area contributed by atoms with Crippen LogP contribution in [0.2, 0.25) is 0 Å². The third-order valence-corrected chi connectivity index (χ3v) is 7.42. The summed E-state index contributed by atoms with van der Waals surface area (Å²) in [6.45, 7) is 2.52. The standard InChI is InChI=1S/C27H28N2O3S/c1-17-8-7-9-18(14-17)16-32-21-13-12-19(15-22(21)31-2)25-28-26(30)24-20-10-5-3-4-6-11-23(20)33-27(24)29-25/h7-9,12-15H,3-6,10-11,16H2,1-2H3,(H,28,29,30). The van der Waals surface area contributed by atoms with E-state index in [1.165, 1.54) is 35.3 Å². The van der Waals surface area contributed by atoms with Gasteiger partial charge in [-0.15, -0.1) is 11.3 Å². The molecule has 0 radical (unpaired) electrons. The van der Waals surface area contributed by atoms with E-state index in [1.54, 1.807) is 18.4 Å². The largest absolute Gasteiger partial charge is 0.493 e. The number of aryl methyl sites for hydroxylation is 3. The molecule has 1 N–H and O–H groups in total. The van der Waals surface area contributed by atoms with Gasteiger partial charge in [0.05, 0.1) is 12.5 Å². The maximum absolute atomic E-state index is 13.1. The van der Waals surface area contributed by atoms with E-state index in [-0.39, 0.29) is 5.56 Å². The van der Waals surface area contributed by atoms with Crippen molar-refractivity contribution in [3.05, 3.63) is 74.4 Å². The lowest BCUT2D eigenvalue weighted by molar-refractivity contribution is 0.284. The summed E-state index contributed by atoms with van der Waals surface area (Å²) in [5.74, 6) is 1.83. The number of thiophene rings is 1. The predicted octanol–water partition coefficient (Wildman–Crippen LogP) is 6.21. The third-order valence-electron chi connectivity index (χ3n) is 6.24. The number of rotatable bonds is 5. The van der Waals surface area contributed by atoms with Gasteiger partial charge in [-0.3, -0.25) is 4.79 Å². The highest BCUT2D eigenvalue weighted by molar-refractivity contribution is 7.18. The number of ether oxygens (including phenoxy) is 2. The normalized spacial score (nSPS) is 13.9. The van der Waals surface area contributed by atoms with Crippen molar-refractivity contribution in [2.24, 2.45) is 0 Å². The molecule has 4 aromatic rings. The fraction of sp³-hybridized carbons (Fsp3) is 0.333. The lowest BCUT2D eigenvalue weighted by atomic mass is 9.98. The number of nitrogens with zero attached hydrogens (tertiary/aromatic N) is 1. The zero-order valence-electron chi connectivity index (χ0n) is 19.1. The number of hydrogen-bond donors (Lipinski definition) is 1. The molecule has 6 heteroatoms. The lowest BCUT2D eigenvalue weighted by Gasteiger charge is -2.12. The summed E-state index contributed by atoms with van der Waals surface area (Å²) in [5.41, 5.74) is 4.27. The maximum Gasteiger partial charge on any atom is 0.260 e. The predicted molar refractivity (Wildman–Crippen MR) is 134 cm³/mol. The average molecular weight is 461 g/mol. The average Bonchev–Trinajstić information content (AvgIpc) is 3.14. The van der Waals surface area contributed by atoms with Crippen molar-refractivity contribution in [1.82, 2.24) is 9.97 Å². The van der Waals surface area contributed by atoms with Crippen LogP contribution in [-0.2, 0) is 19.4 Å². The molecule has 33 heavy (non-hydrogen) atoms. The van der Waals surface area contributed by atoms with Crippen molar-refractivity contribution in [3.8, 4) is 22.9 Å². The highest BCUT2D eigenvalue weighted by atomic mass is 32.1. The Labute approximate surface area is 197 Å². The molecule has 0 spiro atoms. The van der Waals surface area contributed by atoms with Gasteiger partial charge in [-0.2, -0.15) is 0 Å². The molecule has 170 valence electrons. The summed E-state index contributed by atoms with van der Waals surface area (Å²) in [4.78, 5) is 23.1. The second-order valence-corrected chi connectivity index (χ2v) is 9.74. The van der Waals surface area contributed by atoms with Crippen molar-refractivity contribution in [3.63, 3.8) is 0 Å². The Morgan fingerprint density at radius 1 is 1.03 bits per heavy atom. The Hall–Kier alpha value is -3.12. The number of fused-ring (bicyclic) bond motifs is 3. The molecule has 0 unspecified atom stereocenters. The SMILES string of the molecule is COc1cc(-c2nc3sc4c(c3c(=O)[nH]2)CCCCCC4)ccc1OCc1cccc(C)c1. The van der Waals surface area contributed by atoms with Crippen LogP contribution in [0.4, 0.5) is 0 Å². The van der Waals surface area contributed by atoms with Crippen molar-refractivity contribution in [1.29, 1.82) is 0 Å². The molecular formula is C27H28N2O3S. The molecule has 0 amide bonds. The molecule has 1 aliphatic rings. The Balaban J connectivity index is 1.46. The van der Waals surface area contributed by atoms with E-state index in [1.807, 2.05) is 30.3 Å². The zero-order chi connectivity index (χ0) is 22.8. The highest BCUT2D eigenvalue weighted by Gasteiger charge is 2.19. The van der Waals surface area contributed by atoms with E-state index in [2.05, 4.69) is 24.0 Å². The van der Waals surface area contributed by atoms with E-state index in [0.29, 0.717) is 23.9 Å². The summed E-state index contributed by atoms with van der Waals surface area (Å²) < 4.78 is 11.6. The molecular weight excluding hydrogens is 432 g/mol. The van der Waals surface area contributed by atoms with E-state index >= 15 is 0 Å². The molecule has 0 aliphatic heterocycles. The molecule has 0 saturated heterocycles. The number of aromatic amines is 1. The smallest absolute Gasteiger partial charge is 0.260 e. The topological polar surface area (TPSA) is 64.2 Å². The Morgan fingerprint density at radius 2 is 1.88 bits per heavy atom. The van der Waals surface area contributed by atoms with E-state index < -0.39 is 0 Å². The van der Waals surface area contributed by atoms with Crippen molar-refractivity contribution in [2.45, 2.75) is 52.1 Å². The van der Waals surface area contributed by atoms with Gasteiger partial charge in [-0.1, -0.05) is 42.7 Å². The van der Waals surface area contributed by atoms with Crippen LogP contribution in [0, 0.1) is 6.92 Å². The fourth-order valence-electron chi connectivity index (χ4n) is 4.55. The van der Waals surface area contributed by atoms with Gasteiger partial charge >= 0.3 is 0 Å². The first-order chi connectivity index (χ1) is 16.1. The first-order valence-corrected chi connectivity index (χ1v) is 12.4. The van der Waals surface area contributed by atoms with Gasteiger partial charge in [0, 0.05) is 10.4 Å². The minimum atomic E-state index is -0.0492. The molecule has 0 fully saturated rings. The van der Waals surface area contributed by atoms with E-state index in [9.17, 15) is 4.79 Å². The lowest BCUT2D eigenvalue weighted by Crippen LogP contribution is -2.10. The van der Waals surface area contributed by atoms with Gasteiger partial charge in [-0.25, -0.2) is 4.98 Å². The Kier molecular flexibility index (Phi) is 6.18. The van der Waals surface area contributed by atoms with Gasteiger partial charge in [0.2, 0.25) is 0 Å². The summed E-state index contributed by atoms with van der Waals surface area (Å²) in [6.07, 6.45) is 6.85. The Bertz CT molecular complexity index is 1360. The molecule has 1 aliphatic carbocycles.